The second-order valence-corrected chi connectivity index (χ2v) is 9.47. The monoisotopic (exact) mass is 443 g/mol. The van der Waals surface area contributed by atoms with E-state index in [0.29, 0.717) is 22.7 Å². The molecule has 0 aliphatic carbocycles. The third kappa shape index (κ3) is 4.11. The molecule has 9 heteroatoms. The van der Waals surface area contributed by atoms with E-state index in [1.165, 1.54) is 15.6 Å². The summed E-state index contributed by atoms with van der Waals surface area (Å²) in [6.45, 7) is 2.25. The zero-order valence-electron chi connectivity index (χ0n) is 13.6. The second kappa shape index (κ2) is 7.53. The minimum Gasteiger partial charge on any atom is -0.301 e. The summed E-state index contributed by atoms with van der Waals surface area (Å²) in [4.78, 5) is 17.0. The second-order valence-electron chi connectivity index (χ2n) is 5.91. The summed E-state index contributed by atoms with van der Waals surface area (Å²) < 4.78 is 27.9. The summed E-state index contributed by atoms with van der Waals surface area (Å²) in [6, 6.07) is 5.99. The Morgan fingerprint density at radius 3 is 2.68 bits per heavy atom. The van der Waals surface area contributed by atoms with Crippen molar-refractivity contribution in [1.82, 2.24) is 9.29 Å². The molecule has 25 heavy (non-hydrogen) atoms. The van der Waals surface area contributed by atoms with E-state index in [1.54, 1.807) is 29.6 Å². The minimum absolute atomic E-state index is 0.217. The zero-order valence-corrected chi connectivity index (χ0v) is 16.8. The van der Waals surface area contributed by atoms with E-state index in [-0.39, 0.29) is 10.8 Å². The molecule has 1 fully saturated rings. The van der Waals surface area contributed by atoms with Gasteiger partial charge < -0.3 is 5.32 Å². The van der Waals surface area contributed by atoms with Crippen molar-refractivity contribution in [1.29, 1.82) is 0 Å². The molecule has 1 aliphatic heterocycles. The number of aryl methyl sites for hydroxylation is 1. The van der Waals surface area contributed by atoms with Gasteiger partial charge in [-0.2, -0.15) is 4.31 Å². The first-order valence-corrected chi connectivity index (χ1v) is 11.0. The molecular weight excluding hydrogens is 426 g/mol. The number of sulfonamides is 1. The number of carbonyl (C=O) groups excluding carboxylic acids is 1. The number of nitrogens with one attached hydrogen (secondary N) is 1. The fourth-order valence-corrected chi connectivity index (χ4v) is 5.60. The van der Waals surface area contributed by atoms with Crippen LogP contribution in [-0.2, 0) is 14.8 Å². The van der Waals surface area contributed by atoms with Gasteiger partial charge in [-0.3, -0.25) is 4.79 Å². The maximum atomic E-state index is 13.0. The topological polar surface area (TPSA) is 79.4 Å². The summed E-state index contributed by atoms with van der Waals surface area (Å²) >= 11 is 4.53. The first kappa shape index (κ1) is 18.5. The van der Waals surface area contributed by atoms with Crippen LogP contribution in [0.4, 0.5) is 5.13 Å². The van der Waals surface area contributed by atoms with Gasteiger partial charge in [0.05, 0.1) is 4.90 Å². The number of carbonyl (C=O) groups is 1. The number of hydrogen-bond acceptors (Lipinski definition) is 5. The molecule has 6 nitrogen and oxygen atoms in total. The van der Waals surface area contributed by atoms with E-state index in [1.807, 2.05) is 6.92 Å². The van der Waals surface area contributed by atoms with E-state index in [9.17, 15) is 13.2 Å². The van der Waals surface area contributed by atoms with Gasteiger partial charge in [-0.15, -0.1) is 11.3 Å². The predicted octanol–water partition coefficient (Wildman–Crippen LogP) is 3.40. The van der Waals surface area contributed by atoms with Crippen LogP contribution in [0, 0.1) is 6.92 Å². The third-order valence-corrected chi connectivity index (χ3v) is 7.48. The molecule has 1 aromatic carbocycles. The lowest BCUT2D eigenvalue weighted by molar-refractivity contribution is -0.120. The Labute approximate surface area is 159 Å². The molecule has 1 amide bonds. The number of thiazole rings is 1. The van der Waals surface area contributed by atoms with E-state index in [0.717, 1.165) is 18.4 Å². The Kier molecular flexibility index (Phi) is 5.57. The molecule has 2 aromatic rings. The van der Waals surface area contributed by atoms with Gasteiger partial charge in [-0.1, -0.05) is 24.1 Å². The average Bonchev–Trinajstić information content (AvgIpc) is 3.00. The molecule has 1 saturated heterocycles. The van der Waals surface area contributed by atoms with E-state index < -0.39 is 16.1 Å². The smallest absolute Gasteiger partial charge is 0.244 e. The molecule has 1 aliphatic rings. The number of hydrogen-bond donors (Lipinski definition) is 1. The number of anilines is 1. The Morgan fingerprint density at radius 2 is 2.04 bits per heavy atom. The van der Waals surface area contributed by atoms with Gasteiger partial charge in [0, 0.05) is 11.9 Å². The van der Waals surface area contributed by atoms with Crippen molar-refractivity contribution in [3.8, 4) is 0 Å². The van der Waals surface area contributed by atoms with Crippen molar-refractivity contribution in [2.24, 2.45) is 0 Å². The van der Waals surface area contributed by atoms with Crippen molar-refractivity contribution >= 4 is 48.3 Å². The fourth-order valence-electron chi connectivity index (χ4n) is 2.80. The van der Waals surface area contributed by atoms with Crippen molar-refractivity contribution < 1.29 is 13.2 Å². The largest absolute Gasteiger partial charge is 0.301 e. The Hall–Kier alpha value is -1.29. The van der Waals surface area contributed by atoms with Crippen LogP contribution in [0.3, 0.4) is 0 Å². The highest BCUT2D eigenvalue weighted by Crippen LogP contribution is 2.27. The normalized spacial score (nSPS) is 18.9. The number of rotatable bonds is 4. The molecule has 1 N–H and O–H groups in total. The molecule has 0 radical (unpaired) electrons. The Balaban J connectivity index is 1.84. The zero-order chi connectivity index (χ0) is 18.0. The molecule has 0 saturated carbocycles. The van der Waals surface area contributed by atoms with Gasteiger partial charge in [0.15, 0.2) is 5.13 Å². The number of aromatic nitrogens is 1. The summed E-state index contributed by atoms with van der Waals surface area (Å²) in [7, 11) is -3.71. The number of halogens is 1. The SMILES string of the molecule is Cc1ccc(S(=O)(=O)N2CCCC[C@@H]2C(=O)Nc2nc(Br)cs2)cc1. The van der Waals surface area contributed by atoms with E-state index >= 15 is 0 Å². The van der Waals surface area contributed by atoms with Crippen molar-refractivity contribution in [3.63, 3.8) is 0 Å². The summed E-state index contributed by atoms with van der Waals surface area (Å²) in [5.41, 5.74) is 0.987. The number of amides is 1. The molecule has 1 aromatic heterocycles. The van der Waals surface area contributed by atoms with Gasteiger partial charge in [-0.05, 0) is 47.8 Å². The number of piperidine rings is 1. The Bertz CT molecular complexity index is 865. The minimum atomic E-state index is -3.71. The lowest BCUT2D eigenvalue weighted by Gasteiger charge is -2.33. The number of nitrogens with zero attached hydrogens (tertiary/aromatic N) is 2. The van der Waals surface area contributed by atoms with E-state index in [4.69, 9.17) is 0 Å². The third-order valence-electron chi connectivity index (χ3n) is 4.09. The summed E-state index contributed by atoms with van der Waals surface area (Å²) in [5.74, 6) is -0.336. The first-order valence-electron chi connectivity index (χ1n) is 7.88. The van der Waals surface area contributed by atoms with Crippen LogP contribution >= 0.6 is 27.3 Å². The molecule has 0 bridgehead atoms. The molecule has 2 heterocycles. The van der Waals surface area contributed by atoms with Crippen molar-refractivity contribution in [2.75, 3.05) is 11.9 Å². The lowest BCUT2D eigenvalue weighted by Crippen LogP contribution is -2.49. The van der Waals surface area contributed by atoms with Gasteiger partial charge in [-0.25, -0.2) is 13.4 Å². The van der Waals surface area contributed by atoms with Crippen molar-refractivity contribution in [2.45, 2.75) is 37.1 Å². The van der Waals surface area contributed by atoms with Crippen molar-refractivity contribution in [3.05, 3.63) is 39.8 Å². The first-order chi connectivity index (χ1) is 11.9. The Morgan fingerprint density at radius 1 is 1.32 bits per heavy atom. The predicted molar refractivity (Wildman–Crippen MR) is 101 cm³/mol. The fraction of sp³-hybridized carbons (Fsp3) is 0.375. The molecule has 1 atom stereocenters. The van der Waals surface area contributed by atoms with Crippen LogP contribution in [-0.4, -0.2) is 36.2 Å². The maximum Gasteiger partial charge on any atom is 0.244 e. The van der Waals surface area contributed by atoms with Crippen LogP contribution in [0.15, 0.2) is 39.1 Å². The average molecular weight is 444 g/mol. The van der Waals surface area contributed by atoms with Crippen LogP contribution in [0.2, 0.25) is 0 Å². The molecule has 3 rings (SSSR count). The molecule has 0 spiro atoms. The highest BCUT2D eigenvalue weighted by atomic mass is 79.9. The maximum absolute atomic E-state index is 13.0. The van der Waals surface area contributed by atoms with Gasteiger partial charge in [0.2, 0.25) is 15.9 Å². The van der Waals surface area contributed by atoms with Gasteiger partial charge in [0.1, 0.15) is 10.6 Å². The molecule has 0 unspecified atom stereocenters. The molecular formula is C16H18BrN3O3S2. The molecule has 134 valence electrons. The van der Waals surface area contributed by atoms with Gasteiger partial charge >= 0.3 is 0 Å². The lowest BCUT2D eigenvalue weighted by atomic mass is 10.0. The number of benzene rings is 1. The van der Waals surface area contributed by atoms with Crippen LogP contribution in [0.1, 0.15) is 24.8 Å². The quantitative estimate of drug-likeness (QED) is 0.784. The van der Waals surface area contributed by atoms with Gasteiger partial charge in [0.25, 0.3) is 0 Å². The highest BCUT2D eigenvalue weighted by Gasteiger charge is 2.37. The summed E-state index contributed by atoms with van der Waals surface area (Å²) in [5, 5.41) is 4.94. The van der Waals surface area contributed by atoms with E-state index in [2.05, 4.69) is 26.2 Å². The summed E-state index contributed by atoms with van der Waals surface area (Å²) in [6.07, 6.45) is 2.07. The van der Waals surface area contributed by atoms with Crippen LogP contribution in [0.5, 0.6) is 0 Å². The van der Waals surface area contributed by atoms with Crippen LogP contribution in [0.25, 0.3) is 0 Å². The standard InChI is InChI=1S/C16H18BrN3O3S2/c1-11-5-7-12(8-6-11)25(22,23)20-9-3-2-4-13(20)15(21)19-16-18-14(17)10-24-16/h5-8,10,13H,2-4,9H2,1H3,(H,18,19,21)/t13-/m1/s1. The van der Waals surface area contributed by atoms with Crippen LogP contribution < -0.4 is 5.32 Å². The highest BCUT2D eigenvalue weighted by molar-refractivity contribution is 9.10.